The lowest BCUT2D eigenvalue weighted by molar-refractivity contribution is -0.111. The van der Waals surface area contributed by atoms with E-state index in [2.05, 4.69) is 22.1 Å². The van der Waals surface area contributed by atoms with Crippen LogP contribution in [-0.4, -0.2) is 53.1 Å². The molecule has 0 aromatic heterocycles. The Morgan fingerprint density at radius 1 is 1.46 bits per heavy atom. The lowest BCUT2D eigenvalue weighted by Crippen LogP contribution is -2.41. The van der Waals surface area contributed by atoms with E-state index in [0.29, 0.717) is 17.8 Å². The van der Waals surface area contributed by atoms with Gasteiger partial charge in [0.15, 0.2) is 0 Å². The third kappa shape index (κ3) is 5.47. The van der Waals surface area contributed by atoms with Crippen LogP contribution in [0, 0.1) is 0 Å². The maximum absolute atomic E-state index is 12.4. The van der Waals surface area contributed by atoms with Gasteiger partial charge >= 0.3 is 0 Å². The Morgan fingerprint density at radius 2 is 2.21 bits per heavy atom. The second kappa shape index (κ2) is 7.59. The molecule has 3 N–H and O–H groups in total. The molecule has 6 heteroatoms. The molecule has 0 spiro atoms. The van der Waals surface area contributed by atoms with Gasteiger partial charge in [0, 0.05) is 36.9 Å². The van der Waals surface area contributed by atoms with Crippen molar-refractivity contribution in [2.45, 2.75) is 31.9 Å². The SMILES string of the molecule is C=CC(=O)Nc1cccc(C(=O)N[C@H]2CCN(CC(C)(C)O)C2)c1. The Hall–Kier alpha value is -2.18. The van der Waals surface area contributed by atoms with E-state index in [9.17, 15) is 14.7 Å². The van der Waals surface area contributed by atoms with E-state index in [0.717, 1.165) is 19.5 Å². The number of rotatable bonds is 6. The molecule has 24 heavy (non-hydrogen) atoms. The summed E-state index contributed by atoms with van der Waals surface area (Å²) in [6.45, 7) is 9.12. The maximum atomic E-state index is 12.4. The number of nitrogens with one attached hydrogen (secondary N) is 2. The first-order valence-electron chi connectivity index (χ1n) is 8.06. The number of hydrogen-bond acceptors (Lipinski definition) is 4. The van der Waals surface area contributed by atoms with E-state index >= 15 is 0 Å². The van der Waals surface area contributed by atoms with Gasteiger partial charge in [-0.3, -0.25) is 14.5 Å². The molecule has 1 aliphatic heterocycles. The van der Waals surface area contributed by atoms with E-state index in [1.54, 1.807) is 38.1 Å². The summed E-state index contributed by atoms with van der Waals surface area (Å²) in [7, 11) is 0. The molecule has 0 unspecified atom stereocenters. The van der Waals surface area contributed by atoms with Crippen molar-refractivity contribution in [1.82, 2.24) is 10.2 Å². The predicted molar refractivity (Wildman–Crippen MR) is 93.9 cm³/mol. The second-order valence-corrected chi connectivity index (χ2v) is 6.78. The molecule has 2 rings (SSSR count). The van der Waals surface area contributed by atoms with Crippen molar-refractivity contribution in [3.63, 3.8) is 0 Å². The molecular formula is C18H25N3O3. The van der Waals surface area contributed by atoms with Gasteiger partial charge in [0.05, 0.1) is 5.60 Å². The van der Waals surface area contributed by atoms with Crippen LogP contribution in [0.1, 0.15) is 30.6 Å². The summed E-state index contributed by atoms with van der Waals surface area (Å²) in [6, 6.07) is 6.86. The minimum atomic E-state index is -0.739. The Bertz CT molecular complexity index is 622. The van der Waals surface area contributed by atoms with Crippen LogP contribution in [0.5, 0.6) is 0 Å². The normalized spacial score (nSPS) is 18.2. The first-order valence-corrected chi connectivity index (χ1v) is 8.06. The lowest BCUT2D eigenvalue weighted by atomic mass is 10.1. The number of carbonyl (C=O) groups excluding carboxylic acids is 2. The minimum absolute atomic E-state index is 0.0614. The fourth-order valence-corrected chi connectivity index (χ4v) is 2.84. The van der Waals surface area contributed by atoms with Gasteiger partial charge in [0.2, 0.25) is 5.91 Å². The van der Waals surface area contributed by atoms with Crippen molar-refractivity contribution in [1.29, 1.82) is 0 Å². The average molecular weight is 331 g/mol. The van der Waals surface area contributed by atoms with Gasteiger partial charge in [0.25, 0.3) is 5.91 Å². The van der Waals surface area contributed by atoms with E-state index in [4.69, 9.17) is 0 Å². The quantitative estimate of drug-likeness (QED) is 0.688. The van der Waals surface area contributed by atoms with Crippen molar-refractivity contribution in [3.8, 4) is 0 Å². The van der Waals surface area contributed by atoms with Gasteiger partial charge in [-0.05, 0) is 44.5 Å². The van der Waals surface area contributed by atoms with Crippen LogP contribution >= 0.6 is 0 Å². The molecule has 0 radical (unpaired) electrons. The molecule has 0 bridgehead atoms. The third-order valence-electron chi connectivity index (χ3n) is 3.80. The van der Waals surface area contributed by atoms with Gasteiger partial charge in [-0.15, -0.1) is 0 Å². The number of amides is 2. The van der Waals surface area contributed by atoms with Gasteiger partial charge in [0.1, 0.15) is 0 Å². The van der Waals surface area contributed by atoms with Crippen LogP contribution < -0.4 is 10.6 Å². The zero-order valence-corrected chi connectivity index (χ0v) is 14.2. The molecular weight excluding hydrogens is 306 g/mol. The monoisotopic (exact) mass is 331 g/mol. The molecule has 1 saturated heterocycles. The maximum Gasteiger partial charge on any atom is 0.251 e. The summed E-state index contributed by atoms with van der Waals surface area (Å²) in [5.41, 5.74) is 0.316. The van der Waals surface area contributed by atoms with Crippen molar-refractivity contribution in [2.24, 2.45) is 0 Å². The predicted octanol–water partition coefficient (Wildman–Crippen LogP) is 1.39. The van der Waals surface area contributed by atoms with Crippen LogP contribution in [0.2, 0.25) is 0 Å². The Labute approximate surface area is 142 Å². The van der Waals surface area contributed by atoms with Crippen LogP contribution in [0.4, 0.5) is 5.69 Å². The lowest BCUT2D eigenvalue weighted by Gasteiger charge is -2.25. The molecule has 6 nitrogen and oxygen atoms in total. The molecule has 130 valence electrons. The molecule has 1 heterocycles. The molecule has 0 aliphatic carbocycles. The zero-order valence-electron chi connectivity index (χ0n) is 14.2. The van der Waals surface area contributed by atoms with E-state index in [1.165, 1.54) is 6.08 Å². The first kappa shape index (κ1) is 18.2. The number of hydrogen-bond donors (Lipinski definition) is 3. The Morgan fingerprint density at radius 3 is 2.88 bits per heavy atom. The average Bonchev–Trinajstić information content (AvgIpc) is 2.92. The van der Waals surface area contributed by atoms with Gasteiger partial charge in [-0.2, -0.15) is 0 Å². The number of anilines is 1. The number of carbonyl (C=O) groups is 2. The summed E-state index contributed by atoms with van der Waals surface area (Å²) < 4.78 is 0. The van der Waals surface area contributed by atoms with Crippen LogP contribution in [-0.2, 0) is 4.79 Å². The zero-order chi connectivity index (χ0) is 17.7. The molecule has 1 aromatic carbocycles. The second-order valence-electron chi connectivity index (χ2n) is 6.78. The third-order valence-corrected chi connectivity index (χ3v) is 3.80. The number of likely N-dealkylation sites (tertiary alicyclic amines) is 1. The van der Waals surface area contributed by atoms with Crippen LogP contribution in [0.15, 0.2) is 36.9 Å². The van der Waals surface area contributed by atoms with E-state index < -0.39 is 5.60 Å². The number of β-amino-alcohol motifs (C(OH)–C–C–N with tert-alkyl or cyclic N) is 1. The summed E-state index contributed by atoms with van der Waals surface area (Å²) in [6.07, 6.45) is 2.04. The first-order chi connectivity index (χ1) is 11.3. The molecule has 1 aromatic rings. The standard InChI is InChI=1S/C18H25N3O3/c1-4-16(22)19-14-7-5-6-13(10-14)17(23)20-15-8-9-21(11-15)12-18(2,3)24/h4-7,10,15,24H,1,8-9,11-12H2,2-3H3,(H,19,22)(H,20,23)/t15-/m0/s1. The van der Waals surface area contributed by atoms with Crippen molar-refractivity contribution >= 4 is 17.5 Å². The molecule has 1 fully saturated rings. The Balaban J connectivity index is 1.92. The topological polar surface area (TPSA) is 81.7 Å². The highest BCUT2D eigenvalue weighted by molar-refractivity contribution is 6.00. The summed E-state index contributed by atoms with van der Waals surface area (Å²) in [5.74, 6) is -0.481. The van der Waals surface area contributed by atoms with Gasteiger partial charge < -0.3 is 15.7 Å². The Kier molecular flexibility index (Phi) is 5.75. The highest BCUT2D eigenvalue weighted by atomic mass is 16.3. The van der Waals surface area contributed by atoms with E-state index in [-0.39, 0.29) is 17.9 Å². The van der Waals surface area contributed by atoms with Crippen molar-refractivity contribution in [3.05, 3.63) is 42.5 Å². The highest BCUT2D eigenvalue weighted by Crippen LogP contribution is 2.15. The van der Waals surface area contributed by atoms with E-state index in [1.807, 2.05) is 0 Å². The molecule has 2 amide bonds. The summed E-state index contributed by atoms with van der Waals surface area (Å²) in [5, 5.41) is 15.5. The van der Waals surface area contributed by atoms with Crippen LogP contribution in [0.3, 0.4) is 0 Å². The minimum Gasteiger partial charge on any atom is -0.389 e. The van der Waals surface area contributed by atoms with Crippen molar-refractivity contribution < 1.29 is 14.7 Å². The molecule has 0 saturated carbocycles. The van der Waals surface area contributed by atoms with Gasteiger partial charge in [-0.1, -0.05) is 12.6 Å². The summed E-state index contributed by atoms with van der Waals surface area (Å²) in [4.78, 5) is 25.9. The highest BCUT2D eigenvalue weighted by Gasteiger charge is 2.27. The smallest absolute Gasteiger partial charge is 0.251 e. The fourth-order valence-electron chi connectivity index (χ4n) is 2.84. The van der Waals surface area contributed by atoms with Crippen LogP contribution in [0.25, 0.3) is 0 Å². The molecule has 1 atom stereocenters. The van der Waals surface area contributed by atoms with Crippen molar-refractivity contribution in [2.75, 3.05) is 25.0 Å². The largest absolute Gasteiger partial charge is 0.389 e. The number of benzene rings is 1. The fraction of sp³-hybridized carbons (Fsp3) is 0.444. The molecule has 1 aliphatic rings. The number of nitrogens with zero attached hydrogens (tertiary/aromatic N) is 1. The summed E-state index contributed by atoms with van der Waals surface area (Å²) >= 11 is 0. The van der Waals surface area contributed by atoms with Gasteiger partial charge in [-0.25, -0.2) is 0 Å². The number of aliphatic hydroxyl groups is 1.